The van der Waals surface area contributed by atoms with Crippen molar-refractivity contribution < 1.29 is 18.8 Å². The van der Waals surface area contributed by atoms with Gasteiger partial charge in [-0.05, 0) is 18.1 Å². The number of aryl methyl sites for hydroxylation is 2. The summed E-state index contributed by atoms with van der Waals surface area (Å²) in [6.07, 6.45) is 5.20. The molecule has 1 aliphatic rings. The lowest BCUT2D eigenvalue weighted by Crippen LogP contribution is -2.13. The van der Waals surface area contributed by atoms with E-state index < -0.39 is 0 Å². The molecule has 2 aromatic heterocycles. The van der Waals surface area contributed by atoms with Crippen molar-refractivity contribution in [2.24, 2.45) is 7.05 Å². The van der Waals surface area contributed by atoms with Crippen molar-refractivity contribution in [3.05, 3.63) is 41.9 Å². The molecule has 0 saturated carbocycles. The first-order valence-electron chi connectivity index (χ1n) is 8.33. The van der Waals surface area contributed by atoms with Gasteiger partial charge in [-0.3, -0.25) is 9.48 Å². The van der Waals surface area contributed by atoms with Crippen LogP contribution in [0.15, 0.2) is 35.1 Å². The highest BCUT2D eigenvalue weighted by Crippen LogP contribution is 2.37. The van der Waals surface area contributed by atoms with E-state index in [1.165, 1.54) is 0 Å². The third kappa shape index (κ3) is 3.01. The van der Waals surface area contributed by atoms with Gasteiger partial charge in [0.05, 0.1) is 11.8 Å². The number of benzene rings is 1. The third-order valence-electron chi connectivity index (χ3n) is 4.10. The van der Waals surface area contributed by atoms with Gasteiger partial charge in [0.1, 0.15) is 0 Å². The first-order chi connectivity index (χ1) is 12.6. The summed E-state index contributed by atoms with van der Waals surface area (Å²) >= 11 is 0. The van der Waals surface area contributed by atoms with E-state index >= 15 is 0 Å². The number of nitrogens with zero attached hydrogens (tertiary/aromatic N) is 3. The van der Waals surface area contributed by atoms with Crippen LogP contribution in [0.3, 0.4) is 0 Å². The zero-order chi connectivity index (χ0) is 18.1. The van der Waals surface area contributed by atoms with Gasteiger partial charge < -0.3 is 19.3 Å². The van der Waals surface area contributed by atoms with Crippen LogP contribution in [0.1, 0.15) is 29.4 Å². The lowest BCUT2D eigenvalue weighted by atomic mass is 10.1. The van der Waals surface area contributed by atoms with Crippen LogP contribution in [0.5, 0.6) is 11.5 Å². The monoisotopic (exact) mass is 354 g/mol. The SMILES string of the molecule is CCCc1cc2c(cc1NC(=O)c1cc(-c3cnn(C)c3)on1)OCO2. The Balaban J connectivity index is 1.57. The number of aromatic nitrogens is 3. The van der Waals surface area contributed by atoms with E-state index in [4.69, 9.17) is 14.0 Å². The van der Waals surface area contributed by atoms with Gasteiger partial charge in [-0.25, -0.2) is 0 Å². The molecule has 134 valence electrons. The molecule has 0 saturated heterocycles. The Morgan fingerprint density at radius 1 is 1.27 bits per heavy atom. The van der Waals surface area contributed by atoms with Crippen LogP contribution in [0.2, 0.25) is 0 Å². The summed E-state index contributed by atoms with van der Waals surface area (Å²) in [5.74, 6) is 1.46. The maximum atomic E-state index is 12.6. The minimum atomic E-state index is -0.347. The maximum absolute atomic E-state index is 12.6. The van der Waals surface area contributed by atoms with Crippen molar-refractivity contribution in [2.75, 3.05) is 12.1 Å². The molecular weight excluding hydrogens is 336 g/mol. The molecule has 4 rings (SSSR count). The highest BCUT2D eigenvalue weighted by atomic mass is 16.7. The molecule has 0 spiro atoms. The predicted octanol–water partition coefficient (Wildman–Crippen LogP) is 3.01. The molecule has 1 aliphatic heterocycles. The maximum Gasteiger partial charge on any atom is 0.277 e. The van der Waals surface area contributed by atoms with Crippen molar-refractivity contribution in [3.63, 3.8) is 0 Å². The van der Waals surface area contributed by atoms with Crippen LogP contribution < -0.4 is 14.8 Å². The molecule has 8 nitrogen and oxygen atoms in total. The van der Waals surface area contributed by atoms with Gasteiger partial charge in [-0.15, -0.1) is 0 Å². The fourth-order valence-corrected chi connectivity index (χ4v) is 2.83. The molecule has 1 aromatic carbocycles. The highest BCUT2D eigenvalue weighted by Gasteiger charge is 2.20. The number of rotatable bonds is 5. The van der Waals surface area contributed by atoms with Crippen LogP contribution in [0, 0.1) is 0 Å². The summed E-state index contributed by atoms with van der Waals surface area (Å²) in [7, 11) is 1.81. The Morgan fingerprint density at radius 2 is 2.08 bits per heavy atom. The van der Waals surface area contributed by atoms with Gasteiger partial charge in [0.2, 0.25) is 6.79 Å². The van der Waals surface area contributed by atoms with Gasteiger partial charge >= 0.3 is 0 Å². The van der Waals surface area contributed by atoms with Crippen molar-refractivity contribution in [1.82, 2.24) is 14.9 Å². The quantitative estimate of drug-likeness (QED) is 0.757. The van der Waals surface area contributed by atoms with E-state index in [0.717, 1.165) is 24.0 Å². The average Bonchev–Trinajstić information content (AvgIpc) is 3.34. The lowest BCUT2D eigenvalue weighted by molar-refractivity contribution is 0.101. The van der Waals surface area contributed by atoms with Gasteiger partial charge in [0.25, 0.3) is 5.91 Å². The Morgan fingerprint density at radius 3 is 2.81 bits per heavy atom. The number of carbonyl (C=O) groups excluding carboxylic acids is 1. The molecule has 0 atom stereocenters. The first kappa shape index (κ1) is 16.2. The molecule has 0 radical (unpaired) electrons. The van der Waals surface area contributed by atoms with Gasteiger partial charge in [-0.2, -0.15) is 5.10 Å². The van der Waals surface area contributed by atoms with Gasteiger partial charge in [0, 0.05) is 31.1 Å². The fraction of sp³-hybridized carbons (Fsp3) is 0.278. The Bertz CT molecular complexity index is 960. The molecule has 1 amide bonds. The van der Waals surface area contributed by atoms with E-state index in [-0.39, 0.29) is 18.4 Å². The molecule has 0 fully saturated rings. The number of fused-ring (bicyclic) bond motifs is 1. The third-order valence-corrected chi connectivity index (χ3v) is 4.10. The summed E-state index contributed by atoms with van der Waals surface area (Å²) < 4.78 is 17.7. The normalized spacial score (nSPS) is 12.4. The molecule has 26 heavy (non-hydrogen) atoms. The molecule has 0 aliphatic carbocycles. The van der Waals surface area contributed by atoms with E-state index in [9.17, 15) is 4.79 Å². The molecular formula is C18H18N4O4. The summed E-state index contributed by atoms with van der Waals surface area (Å²) in [6, 6.07) is 5.29. The number of ether oxygens (including phenoxy) is 2. The molecule has 0 bridgehead atoms. The Hall–Kier alpha value is -3.29. The second-order valence-electron chi connectivity index (χ2n) is 6.05. The first-order valence-corrected chi connectivity index (χ1v) is 8.33. The van der Waals surface area contributed by atoms with E-state index in [1.54, 1.807) is 29.2 Å². The Labute approximate surface area is 149 Å². The van der Waals surface area contributed by atoms with Crippen LogP contribution in [0.4, 0.5) is 5.69 Å². The number of nitrogens with one attached hydrogen (secondary N) is 1. The molecule has 0 unspecified atom stereocenters. The zero-order valence-corrected chi connectivity index (χ0v) is 14.5. The number of anilines is 1. The van der Waals surface area contributed by atoms with E-state index in [2.05, 4.69) is 22.5 Å². The smallest absolute Gasteiger partial charge is 0.277 e. The molecule has 3 aromatic rings. The number of hydrogen-bond donors (Lipinski definition) is 1. The fourth-order valence-electron chi connectivity index (χ4n) is 2.83. The number of amides is 1. The van der Waals surface area contributed by atoms with Crippen molar-refractivity contribution in [1.29, 1.82) is 0 Å². The molecule has 3 heterocycles. The minimum absolute atomic E-state index is 0.191. The summed E-state index contributed by atoms with van der Waals surface area (Å²) in [4.78, 5) is 12.6. The topological polar surface area (TPSA) is 91.4 Å². The van der Waals surface area contributed by atoms with Gasteiger partial charge in [-0.1, -0.05) is 18.5 Å². The van der Waals surface area contributed by atoms with Crippen LogP contribution in [0.25, 0.3) is 11.3 Å². The second-order valence-corrected chi connectivity index (χ2v) is 6.05. The van der Waals surface area contributed by atoms with Crippen LogP contribution >= 0.6 is 0 Å². The molecule has 1 N–H and O–H groups in total. The summed E-state index contributed by atoms with van der Waals surface area (Å²) in [5.41, 5.74) is 2.63. The summed E-state index contributed by atoms with van der Waals surface area (Å²) in [5, 5.41) is 10.8. The highest BCUT2D eigenvalue weighted by molar-refractivity contribution is 6.04. The minimum Gasteiger partial charge on any atom is -0.454 e. The van der Waals surface area contributed by atoms with Crippen LogP contribution in [-0.2, 0) is 13.5 Å². The number of hydrogen-bond acceptors (Lipinski definition) is 6. The van der Waals surface area contributed by atoms with E-state index in [1.807, 2.05) is 13.1 Å². The summed E-state index contributed by atoms with van der Waals surface area (Å²) in [6.45, 7) is 2.27. The number of carbonyl (C=O) groups is 1. The van der Waals surface area contributed by atoms with Crippen molar-refractivity contribution in [3.8, 4) is 22.8 Å². The van der Waals surface area contributed by atoms with Crippen molar-refractivity contribution >= 4 is 11.6 Å². The zero-order valence-electron chi connectivity index (χ0n) is 14.5. The van der Waals surface area contributed by atoms with E-state index in [0.29, 0.717) is 22.9 Å². The predicted molar refractivity (Wildman–Crippen MR) is 93.2 cm³/mol. The van der Waals surface area contributed by atoms with Crippen molar-refractivity contribution in [2.45, 2.75) is 19.8 Å². The largest absolute Gasteiger partial charge is 0.454 e. The lowest BCUT2D eigenvalue weighted by Gasteiger charge is -2.11. The Kier molecular flexibility index (Phi) is 4.08. The molecule has 8 heteroatoms. The second kappa shape index (κ2) is 6.55. The average molecular weight is 354 g/mol. The van der Waals surface area contributed by atoms with Crippen LogP contribution in [-0.4, -0.2) is 27.6 Å². The standard InChI is InChI=1S/C18H18N4O4/c1-3-4-11-5-16-17(25-10-24-16)6-13(11)20-18(23)14-7-15(26-21-14)12-8-19-22(2)9-12/h5-9H,3-4,10H2,1-2H3,(H,20,23). The van der Waals surface area contributed by atoms with Gasteiger partial charge in [0.15, 0.2) is 23.0 Å².